The smallest absolute Gasteiger partial charge is 0.255 e. The third-order valence-electron chi connectivity index (χ3n) is 5.95. The Morgan fingerprint density at radius 1 is 0.829 bits per heavy atom. The normalized spacial score (nSPS) is 13.8. The van der Waals surface area contributed by atoms with E-state index in [2.05, 4.69) is 5.32 Å². The van der Waals surface area contributed by atoms with E-state index in [9.17, 15) is 26.7 Å². The van der Waals surface area contributed by atoms with E-state index in [1.165, 1.54) is 0 Å². The molecule has 1 N–H and O–H groups in total. The lowest BCUT2D eigenvalue weighted by atomic mass is 10.1. The molecule has 1 aliphatic rings. The Balaban J connectivity index is 1.44. The van der Waals surface area contributed by atoms with Crippen molar-refractivity contribution in [2.75, 3.05) is 41.3 Å². The summed E-state index contributed by atoms with van der Waals surface area (Å²) < 4.78 is 68.8. The van der Waals surface area contributed by atoms with Gasteiger partial charge in [0.2, 0.25) is 5.82 Å². The molecule has 0 atom stereocenters. The lowest BCUT2D eigenvalue weighted by molar-refractivity contribution is 0.102. The molecule has 0 spiro atoms. The standard InChI is InChI=1S/C25H21ClF5N3O/c1-2-14-3-5-15(6-4-14)25(35)32-16-7-8-18(17(26)13-16)33-9-11-34(12-10-33)24-22(30)20(28)19(27)21(29)23(24)31/h3-8,13H,2,9-12H2,1H3,(H,32,35). The quantitative estimate of drug-likeness (QED) is 0.253. The van der Waals surface area contributed by atoms with Gasteiger partial charge in [0.25, 0.3) is 5.91 Å². The Kier molecular flexibility index (Phi) is 7.16. The monoisotopic (exact) mass is 509 g/mol. The van der Waals surface area contributed by atoms with E-state index in [4.69, 9.17) is 11.6 Å². The predicted molar refractivity (Wildman–Crippen MR) is 126 cm³/mol. The van der Waals surface area contributed by atoms with E-state index in [1.54, 1.807) is 30.3 Å². The van der Waals surface area contributed by atoms with Crippen molar-refractivity contribution < 1.29 is 26.7 Å². The van der Waals surface area contributed by atoms with Gasteiger partial charge in [-0.2, -0.15) is 0 Å². The highest BCUT2D eigenvalue weighted by molar-refractivity contribution is 6.33. The van der Waals surface area contributed by atoms with Gasteiger partial charge in [-0.3, -0.25) is 4.79 Å². The van der Waals surface area contributed by atoms with Crippen LogP contribution in [0.15, 0.2) is 42.5 Å². The lowest BCUT2D eigenvalue weighted by Crippen LogP contribution is -2.47. The SMILES string of the molecule is CCc1ccc(C(=O)Nc2ccc(N3CCN(c4c(F)c(F)c(F)c(F)c4F)CC3)c(Cl)c2)cc1. The molecule has 3 aromatic rings. The van der Waals surface area contributed by atoms with Gasteiger partial charge in [-0.25, -0.2) is 22.0 Å². The van der Waals surface area contributed by atoms with E-state index in [-0.39, 0.29) is 32.1 Å². The highest BCUT2D eigenvalue weighted by Crippen LogP contribution is 2.33. The van der Waals surface area contributed by atoms with Crippen LogP contribution in [0.3, 0.4) is 0 Å². The van der Waals surface area contributed by atoms with E-state index in [0.717, 1.165) is 16.9 Å². The molecule has 35 heavy (non-hydrogen) atoms. The highest BCUT2D eigenvalue weighted by atomic mass is 35.5. The van der Waals surface area contributed by atoms with Crippen molar-refractivity contribution in [2.45, 2.75) is 13.3 Å². The number of halogens is 6. The van der Waals surface area contributed by atoms with Gasteiger partial charge in [-0.05, 0) is 42.3 Å². The summed E-state index contributed by atoms with van der Waals surface area (Å²) in [7, 11) is 0. The van der Waals surface area contributed by atoms with Gasteiger partial charge in [0.1, 0.15) is 5.69 Å². The summed E-state index contributed by atoms with van der Waals surface area (Å²) in [6.45, 7) is 2.52. The molecule has 10 heteroatoms. The fourth-order valence-corrected chi connectivity index (χ4v) is 4.28. The molecule has 184 valence electrons. The summed E-state index contributed by atoms with van der Waals surface area (Å²) in [6, 6.07) is 12.2. The number of carbonyl (C=O) groups excluding carboxylic acids is 1. The number of hydrogen-bond donors (Lipinski definition) is 1. The summed E-state index contributed by atoms with van der Waals surface area (Å²) in [5.74, 6) is -10.1. The number of hydrogen-bond acceptors (Lipinski definition) is 3. The maximum atomic E-state index is 14.1. The third-order valence-corrected chi connectivity index (χ3v) is 6.26. The molecule has 1 heterocycles. The lowest BCUT2D eigenvalue weighted by Gasteiger charge is -2.38. The number of anilines is 3. The molecule has 0 aliphatic carbocycles. The number of piperazine rings is 1. The van der Waals surface area contributed by atoms with Crippen molar-refractivity contribution in [3.8, 4) is 0 Å². The number of aryl methyl sites for hydroxylation is 1. The minimum absolute atomic E-state index is 0.0148. The Morgan fingerprint density at radius 2 is 1.37 bits per heavy atom. The van der Waals surface area contributed by atoms with Gasteiger partial charge in [0, 0.05) is 37.4 Å². The van der Waals surface area contributed by atoms with Crippen LogP contribution in [0.5, 0.6) is 0 Å². The Labute approximate surface area is 203 Å². The second-order valence-corrected chi connectivity index (χ2v) is 8.47. The van der Waals surface area contributed by atoms with Crippen LogP contribution in [-0.2, 0) is 6.42 Å². The molecule has 1 saturated heterocycles. The molecule has 1 fully saturated rings. The molecule has 4 rings (SSSR count). The first-order chi connectivity index (χ1) is 16.7. The Hall–Kier alpha value is -3.33. The highest BCUT2D eigenvalue weighted by Gasteiger charge is 2.31. The van der Waals surface area contributed by atoms with E-state index in [0.29, 0.717) is 22.0 Å². The van der Waals surface area contributed by atoms with Crippen molar-refractivity contribution in [1.82, 2.24) is 0 Å². The van der Waals surface area contributed by atoms with Gasteiger partial charge in [0.15, 0.2) is 23.3 Å². The van der Waals surface area contributed by atoms with E-state index >= 15 is 0 Å². The molecule has 0 aromatic heterocycles. The fraction of sp³-hybridized carbons (Fsp3) is 0.240. The van der Waals surface area contributed by atoms with Crippen LogP contribution in [0.2, 0.25) is 5.02 Å². The van der Waals surface area contributed by atoms with Gasteiger partial charge in [-0.1, -0.05) is 30.7 Å². The molecule has 0 unspecified atom stereocenters. The van der Waals surface area contributed by atoms with Crippen molar-refractivity contribution in [3.63, 3.8) is 0 Å². The molecule has 1 aliphatic heterocycles. The number of amides is 1. The number of rotatable bonds is 5. The zero-order valence-corrected chi connectivity index (χ0v) is 19.4. The van der Waals surface area contributed by atoms with Crippen molar-refractivity contribution >= 4 is 34.6 Å². The minimum Gasteiger partial charge on any atom is -0.367 e. The van der Waals surface area contributed by atoms with Gasteiger partial charge < -0.3 is 15.1 Å². The van der Waals surface area contributed by atoms with E-state index < -0.39 is 34.8 Å². The summed E-state index contributed by atoms with van der Waals surface area (Å²) >= 11 is 6.43. The summed E-state index contributed by atoms with van der Waals surface area (Å²) in [6.07, 6.45) is 0.870. The molecule has 3 aromatic carbocycles. The minimum atomic E-state index is -2.18. The number of nitrogens with zero attached hydrogens (tertiary/aromatic N) is 2. The molecule has 1 amide bonds. The average Bonchev–Trinajstić information content (AvgIpc) is 2.87. The molecule has 4 nitrogen and oxygen atoms in total. The Morgan fingerprint density at radius 3 is 1.91 bits per heavy atom. The second-order valence-electron chi connectivity index (χ2n) is 8.06. The zero-order valence-electron chi connectivity index (χ0n) is 18.6. The van der Waals surface area contributed by atoms with E-state index in [1.807, 2.05) is 24.0 Å². The summed E-state index contributed by atoms with van der Waals surface area (Å²) in [5.41, 5.74) is 1.80. The van der Waals surface area contributed by atoms with Gasteiger partial charge >= 0.3 is 0 Å². The van der Waals surface area contributed by atoms with Crippen molar-refractivity contribution in [3.05, 3.63) is 87.7 Å². The summed E-state index contributed by atoms with van der Waals surface area (Å²) in [5, 5.41) is 3.13. The van der Waals surface area contributed by atoms with Gasteiger partial charge in [-0.15, -0.1) is 0 Å². The number of carbonyl (C=O) groups is 1. The molecule has 0 bridgehead atoms. The maximum Gasteiger partial charge on any atom is 0.255 e. The van der Waals surface area contributed by atoms with Crippen LogP contribution >= 0.6 is 11.6 Å². The fourth-order valence-electron chi connectivity index (χ4n) is 3.98. The topological polar surface area (TPSA) is 35.6 Å². The van der Waals surface area contributed by atoms with Crippen LogP contribution in [0, 0.1) is 29.1 Å². The van der Waals surface area contributed by atoms with Crippen molar-refractivity contribution in [2.24, 2.45) is 0 Å². The zero-order chi connectivity index (χ0) is 25.3. The molecule has 0 radical (unpaired) electrons. The van der Waals surface area contributed by atoms with Gasteiger partial charge in [0.05, 0.1) is 10.7 Å². The molecular weight excluding hydrogens is 489 g/mol. The molecular formula is C25H21ClF5N3O. The van der Waals surface area contributed by atoms with Crippen LogP contribution in [0.4, 0.5) is 39.0 Å². The first-order valence-corrected chi connectivity index (χ1v) is 11.3. The maximum absolute atomic E-state index is 14.1. The van der Waals surface area contributed by atoms with Crippen LogP contribution in [0.1, 0.15) is 22.8 Å². The van der Waals surface area contributed by atoms with Crippen LogP contribution < -0.4 is 15.1 Å². The first-order valence-electron chi connectivity index (χ1n) is 10.9. The number of nitrogens with one attached hydrogen (secondary N) is 1. The Bertz CT molecular complexity index is 1230. The first kappa shape index (κ1) is 24.8. The predicted octanol–water partition coefficient (Wildman–Crippen LogP) is 6.18. The molecule has 0 saturated carbocycles. The van der Waals surface area contributed by atoms with Crippen molar-refractivity contribution in [1.29, 1.82) is 0 Å². The number of benzene rings is 3. The van der Waals surface area contributed by atoms with Crippen LogP contribution in [0.25, 0.3) is 0 Å². The summed E-state index contributed by atoms with van der Waals surface area (Å²) in [4.78, 5) is 15.5. The second kappa shape index (κ2) is 10.1. The average molecular weight is 510 g/mol. The third kappa shape index (κ3) is 4.91. The van der Waals surface area contributed by atoms with Crippen LogP contribution in [-0.4, -0.2) is 32.1 Å². The largest absolute Gasteiger partial charge is 0.367 e.